The summed E-state index contributed by atoms with van der Waals surface area (Å²) in [5.41, 5.74) is 2.24. The Morgan fingerprint density at radius 3 is 2.78 bits per heavy atom. The minimum Gasteiger partial charge on any atom is -0.496 e. The summed E-state index contributed by atoms with van der Waals surface area (Å²) in [5.74, 6) is 0.950. The maximum Gasteiger partial charge on any atom is 0.321 e. The summed E-state index contributed by atoms with van der Waals surface area (Å²) in [6.45, 7) is 6.61. The van der Waals surface area contributed by atoms with E-state index in [2.05, 4.69) is 23.2 Å². The molecule has 1 aliphatic rings. The Labute approximate surface area is 159 Å². The van der Waals surface area contributed by atoms with Gasteiger partial charge in [0.1, 0.15) is 5.75 Å². The molecule has 1 aliphatic heterocycles. The van der Waals surface area contributed by atoms with Crippen molar-refractivity contribution in [1.82, 2.24) is 15.5 Å². The number of nitrogens with one attached hydrogen (secondary N) is 2. The highest BCUT2D eigenvalue weighted by molar-refractivity contribution is 5.84. The summed E-state index contributed by atoms with van der Waals surface area (Å²) in [4.78, 5) is 37.9. The number of imide groups is 1. The summed E-state index contributed by atoms with van der Waals surface area (Å²) in [7, 11) is 1.67. The fourth-order valence-electron chi connectivity index (χ4n) is 3.38. The lowest BCUT2D eigenvalue weighted by molar-refractivity contribution is -0.132. The molecule has 0 bridgehead atoms. The number of urea groups is 1. The highest BCUT2D eigenvalue weighted by atomic mass is 16.5. The topological polar surface area (TPSA) is 91.0 Å². The monoisotopic (exact) mass is 376 g/mol. The van der Waals surface area contributed by atoms with Crippen molar-refractivity contribution in [1.29, 1.82) is 0 Å². The molecule has 8 nitrogen and oxygen atoms in total. The number of rotatable bonds is 7. The van der Waals surface area contributed by atoms with Crippen molar-refractivity contribution in [3.63, 3.8) is 0 Å². The number of carbonyl (C=O) groups excluding carboxylic acids is 3. The number of carbonyl (C=O) groups is 3. The molecule has 0 unspecified atom stereocenters. The molecule has 2 N–H and O–H groups in total. The van der Waals surface area contributed by atoms with E-state index in [-0.39, 0.29) is 11.9 Å². The zero-order valence-corrected chi connectivity index (χ0v) is 16.2. The van der Waals surface area contributed by atoms with E-state index in [1.807, 2.05) is 29.3 Å². The van der Waals surface area contributed by atoms with Crippen LogP contribution in [0.2, 0.25) is 0 Å². The molecule has 0 spiro atoms. The minimum atomic E-state index is -0.548. The van der Waals surface area contributed by atoms with Gasteiger partial charge in [0.2, 0.25) is 12.3 Å². The van der Waals surface area contributed by atoms with E-state index in [0.717, 1.165) is 23.5 Å². The average molecular weight is 376 g/mol. The van der Waals surface area contributed by atoms with Crippen LogP contribution in [0.1, 0.15) is 25.3 Å². The van der Waals surface area contributed by atoms with Crippen LogP contribution in [0.15, 0.2) is 18.2 Å². The van der Waals surface area contributed by atoms with Gasteiger partial charge in [0.25, 0.3) is 0 Å². The number of methoxy groups -OCH3 is 1. The van der Waals surface area contributed by atoms with Crippen molar-refractivity contribution < 1.29 is 19.1 Å². The van der Waals surface area contributed by atoms with E-state index in [1.165, 1.54) is 0 Å². The third-order valence-electron chi connectivity index (χ3n) is 4.81. The highest BCUT2D eigenvalue weighted by Gasteiger charge is 2.27. The summed E-state index contributed by atoms with van der Waals surface area (Å²) < 4.78 is 5.41. The van der Waals surface area contributed by atoms with Gasteiger partial charge < -0.3 is 19.9 Å². The Kier molecular flexibility index (Phi) is 7.45. The number of piperazine rings is 1. The molecule has 27 heavy (non-hydrogen) atoms. The maximum atomic E-state index is 12.4. The van der Waals surface area contributed by atoms with Crippen LogP contribution in [0.25, 0.3) is 0 Å². The van der Waals surface area contributed by atoms with Gasteiger partial charge in [-0.25, -0.2) is 4.79 Å². The van der Waals surface area contributed by atoms with Gasteiger partial charge in [-0.2, -0.15) is 0 Å². The molecule has 8 heteroatoms. The smallest absolute Gasteiger partial charge is 0.321 e. The Morgan fingerprint density at radius 2 is 2.11 bits per heavy atom. The number of hydrogen-bond donors (Lipinski definition) is 2. The first-order valence-corrected chi connectivity index (χ1v) is 9.14. The number of amides is 4. The molecule has 1 aromatic carbocycles. The highest BCUT2D eigenvalue weighted by Crippen LogP contribution is 2.30. The van der Waals surface area contributed by atoms with Crippen LogP contribution in [-0.2, 0) is 9.59 Å². The third kappa shape index (κ3) is 5.35. The molecule has 0 aliphatic carbocycles. The fourth-order valence-corrected chi connectivity index (χ4v) is 3.38. The summed E-state index contributed by atoms with van der Waals surface area (Å²) in [5, 5.41) is 4.52. The van der Waals surface area contributed by atoms with E-state index in [4.69, 9.17) is 4.74 Å². The molecule has 1 aromatic rings. The predicted molar refractivity (Wildman–Crippen MR) is 103 cm³/mol. The first-order chi connectivity index (χ1) is 13.0. The Morgan fingerprint density at radius 1 is 1.33 bits per heavy atom. The normalized spacial score (nSPS) is 16.6. The van der Waals surface area contributed by atoms with E-state index in [0.29, 0.717) is 38.9 Å². The van der Waals surface area contributed by atoms with Crippen LogP contribution in [0.5, 0.6) is 5.75 Å². The van der Waals surface area contributed by atoms with E-state index in [9.17, 15) is 14.4 Å². The van der Waals surface area contributed by atoms with Gasteiger partial charge >= 0.3 is 6.03 Å². The molecular weight excluding hydrogens is 348 g/mol. The molecule has 148 valence electrons. The molecule has 0 radical (unpaired) electrons. The first-order valence-electron chi connectivity index (χ1n) is 9.14. The summed E-state index contributed by atoms with van der Waals surface area (Å²) in [6, 6.07) is 5.67. The van der Waals surface area contributed by atoms with Gasteiger partial charge in [-0.1, -0.05) is 6.07 Å². The zero-order valence-electron chi connectivity index (χ0n) is 16.2. The maximum absolute atomic E-state index is 12.4. The van der Waals surface area contributed by atoms with Gasteiger partial charge in [0.15, 0.2) is 0 Å². The van der Waals surface area contributed by atoms with E-state index in [1.54, 1.807) is 7.11 Å². The molecule has 1 atom stereocenters. The Bertz CT molecular complexity index is 680. The number of benzene rings is 1. The number of ether oxygens (including phenoxy) is 1. The van der Waals surface area contributed by atoms with Crippen LogP contribution < -0.4 is 20.3 Å². The Balaban J connectivity index is 1.85. The first kappa shape index (κ1) is 20.5. The number of hydrogen-bond acceptors (Lipinski definition) is 5. The molecular formula is C19H28N4O4. The standard InChI is InChI=1S/C19H28N4O4/c1-14-12-22(18(25)8-5-9-20-19(26)21-13-24)10-11-23(14)16-6-4-7-17(27-3)15(16)2/h4,6-7,13-14H,5,8-12H2,1-3H3,(H2,20,21,24,26)/t14-/m0/s1. The molecule has 0 aromatic heterocycles. The van der Waals surface area contributed by atoms with E-state index < -0.39 is 6.03 Å². The van der Waals surface area contributed by atoms with Gasteiger partial charge in [-0.15, -0.1) is 0 Å². The van der Waals surface area contributed by atoms with Crippen LogP contribution in [0.4, 0.5) is 10.5 Å². The Hall–Kier alpha value is -2.77. The SMILES string of the molecule is COc1cccc(N2CCN(C(=O)CCCNC(=O)NC=O)C[C@@H]2C)c1C. The van der Waals surface area contributed by atoms with Crippen molar-refractivity contribution in [3.8, 4) is 5.75 Å². The van der Waals surface area contributed by atoms with Crippen molar-refractivity contribution in [2.45, 2.75) is 32.7 Å². The van der Waals surface area contributed by atoms with Crippen molar-refractivity contribution >= 4 is 24.0 Å². The van der Waals surface area contributed by atoms with Crippen molar-refractivity contribution in [2.24, 2.45) is 0 Å². The molecule has 4 amide bonds. The number of nitrogens with zero attached hydrogens (tertiary/aromatic N) is 2. The lowest BCUT2D eigenvalue weighted by Crippen LogP contribution is -2.54. The van der Waals surface area contributed by atoms with Gasteiger partial charge in [-0.3, -0.25) is 14.9 Å². The van der Waals surface area contributed by atoms with Crippen molar-refractivity contribution in [2.75, 3.05) is 38.2 Å². The largest absolute Gasteiger partial charge is 0.496 e. The summed E-state index contributed by atoms with van der Waals surface area (Å²) in [6.07, 6.45) is 1.23. The lowest BCUT2D eigenvalue weighted by Gasteiger charge is -2.42. The second-order valence-corrected chi connectivity index (χ2v) is 6.61. The van der Waals surface area contributed by atoms with Crippen LogP contribution >= 0.6 is 0 Å². The molecule has 2 rings (SSSR count). The number of anilines is 1. The second-order valence-electron chi connectivity index (χ2n) is 6.61. The average Bonchev–Trinajstić information content (AvgIpc) is 2.66. The molecule has 1 heterocycles. The molecule has 0 saturated carbocycles. The van der Waals surface area contributed by atoms with Crippen LogP contribution in [-0.4, -0.2) is 62.6 Å². The predicted octanol–water partition coefficient (Wildman–Crippen LogP) is 1.28. The van der Waals surface area contributed by atoms with Gasteiger partial charge in [0, 0.05) is 49.9 Å². The van der Waals surface area contributed by atoms with Crippen LogP contribution in [0, 0.1) is 6.92 Å². The van der Waals surface area contributed by atoms with E-state index >= 15 is 0 Å². The zero-order chi connectivity index (χ0) is 19.8. The van der Waals surface area contributed by atoms with Crippen molar-refractivity contribution in [3.05, 3.63) is 23.8 Å². The van der Waals surface area contributed by atoms with Gasteiger partial charge in [-0.05, 0) is 32.4 Å². The van der Waals surface area contributed by atoms with Crippen LogP contribution in [0.3, 0.4) is 0 Å². The molecule has 1 fully saturated rings. The second kappa shape index (κ2) is 9.80. The lowest BCUT2D eigenvalue weighted by atomic mass is 10.1. The quantitative estimate of drug-likeness (QED) is 0.553. The molecule has 1 saturated heterocycles. The summed E-state index contributed by atoms with van der Waals surface area (Å²) >= 11 is 0. The third-order valence-corrected chi connectivity index (χ3v) is 4.81. The fraction of sp³-hybridized carbons (Fsp3) is 0.526. The van der Waals surface area contributed by atoms with Gasteiger partial charge in [0.05, 0.1) is 7.11 Å². The minimum absolute atomic E-state index is 0.0847.